The smallest absolute Gasteiger partial charge is 0.0688 e. The molecule has 13 heavy (non-hydrogen) atoms. The zero-order valence-corrected chi connectivity index (χ0v) is 7.57. The first-order valence-electron chi connectivity index (χ1n) is 4.01. The number of benzene rings is 1. The molecule has 0 unspecified atom stereocenters. The van der Waals surface area contributed by atoms with Gasteiger partial charge in [-0.15, -0.1) is 0 Å². The number of rotatable bonds is 2. The Morgan fingerprint density at radius 1 is 1.23 bits per heavy atom. The van der Waals surface area contributed by atoms with Crippen molar-refractivity contribution in [3.05, 3.63) is 41.7 Å². The van der Waals surface area contributed by atoms with Gasteiger partial charge in [0.2, 0.25) is 0 Å². The van der Waals surface area contributed by atoms with E-state index in [1.165, 1.54) is 0 Å². The Labute approximate surface area is 77.8 Å². The second-order valence-electron chi connectivity index (χ2n) is 2.73. The summed E-state index contributed by atoms with van der Waals surface area (Å²) in [6.45, 7) is 1.74. The molecule has 1 aromatic rings. The number of nitrogens with two attached hydrogens (primary N) is 2. The number of hydrogen-bond donors (Lipinski definition) is 2. The summed E-state index contributed by atoms with van der Waals surface area (Å²) in [5, 5.41) is 0. The topological polar surface area (TPSA) is 64.4 Å². The summed E-state index contributed by atoms with van der Waals surface area (Å²) in [7, 11) is 0. The van der Waals surface area contributed by atoms with E-state index < -0.39 is 0 Å². The highest BCUT2D eigenvalue weighted by molar-refractivity contribution is 5.80. The molecule has 0 aliphatic rings. The van der Waals surface area contributed by atoms with Crippen LogP contribution in [0, 0.1) is 0 Å². The van der Waals surface area contributed by atoms with Gasteiger partial charge in [0, 0.05) is 5.70 Å². The van der Waals surface area contributed by atoms with Crippen LogP contribution in [0.2, 0.25) is 0 Å². The standard InChI is InChI=1S/C10H13N3/c1-8(11)10(12)7-13-9-5-3-2-4-6-9/h2-7H,11-12H2,1H3. The first kappa shape index (κ1) is 9.32. The molecule has 0 aliphatic carbocycles. The lowest BCUT2D eigenvalue weighted by Crippen LogP contribution is -2.07. The van der Waals surface area contributed by atoms with Crippen LogP contribution in [0.5, 0.6) is 0 Å². The van der Waals surface area contributed by atoms with Gasteiger partial charge in [-0.3, -0.25) is 4.99 Å². The summed E-state index contributed by atoms with van der Waals surface area (Å²) in [6, 6.07) is 9.57. The molecule has 4 N–H and O–H groups in total. The Morgan fingerprint density at radius 3 is 2.38 bits per heavy atom. The first-order valence-corrected chi connectivity index (χ1v) is 4.01. The molecular weight excluding hydrogens is 162 g/mol. The highest BCUT2D eigenvalue weighted by Gasteiger charge is 1.88. The third-order valence-corrected chi connectivity index (χ3v) is 1.56. The van der Waals surface area contributed by atoms with E-state index in [-0.39, 0.29) is 0 Å². The minimum atomic E-state index is 0.504. The molecular formula is C10H13N3. The van der Waals surface area contributed by atoms with E-state index in [9.17, 15) is 0 Å². The molecule has 1 aromatic carbocycles. The summed E-state index contributed by atoms with van der Waals surface area (Å²) >= 11 is 0. The number of para-hydroxylation sites is 1. The zero-order valence-electron chi connectivity index (χ0n) is 7.57. The van der Waals surface area contributed by atoms with Gasteiger partial charge in [-0.25, -0.2) is 0 Å². The van der Waals surface area contributed by atoms with Gasteiger partial charge in [-0.2, -0.15) is 0 Å². The predicted octanol–water partition coefficient (Wildman–Crippen LogP) is 1.54. The number of allylic oxidation sites excluding steroid dienone is 2. The molecule has 1 rings (SSSR count). The van der Waals surface area contributed by atoms with E-state index in [4.69, 9.17) is 11.5 Å². The van der Waals surface area contributed by atoms with Crippen molar-refractivity contribution in [2.45, 2.75) is 6.92 Å². The van der Waals surface area contributed by atoms with Crippen molar-refractivity contribution in [1.82, 2.24) is 0 Å². The number of aliphatic imine (C=N–C) groups is 1. The van der Waals surface area contributed by atoms with Crippen LogP contribution in [0.3, 0.4) is 0 Å². The first-order chi connectivity index (χ1) is 6.20. The Hall–Kier alpha value is -1.77. The van der Waals surface area contributed by atoms with Crippen molar-refractivity contribution in [3.63, 3.8) is 0 Å². The van der Waals surface area contributed by atoms with E-state index in [0.717, 1.165) is 5.69 Å². The number of hydrogen-bond acceptors (Lipinski definition) is 3. The van der Waals surface area contributed by atoms with E-state index in [1.54, 1.807) is 13.1 Å². The Balaban J connectivity index is 2.76. The van der Waals surface area contributed by atoms with Gasteiger partial charge in [0.05, 0.1) is 17.6 Å². The van der Waals surface area contributed by atoms with Crippen molar-refractivity contribution < 1.29 is 0 Å². The fourth-order valence-corrected chi connectivity index (χ4v) is 0.760. The maximum atomic E-state index is 5.57. The van der Waals surface area contributed by atoms with E-state index in [0.29, 0.717) is 11.4 Å². The lowest BCUT2D eigenvalue weighted by atomic mass is 10.3. The largest absolute Gasteiger partial charge is 0.401 e. The van der Waals surface area contributed by atoms with Gasteiger partial charge in [0.15, 0.2) is 0 Å². The second-order valence-corrected chi connectivity index (χ2v) is 2.73. The minimum Gasteiger partial charge on any atom is -0.401 e. The van der Waals surface area contributed by atoms with Crippen LogP contribution in [-0.4, -0.2) is 6.21 Å². The minimum absolute atomic E-state index is 0.504. The molecule has 0 aliphatic heterocycles. The van der Waals surface area contributed by atoms with Crippen molar-refractivity contribution in [1.29, 1.82) is 0 Å². The molecule has 0 saturated heterocycles. The summed E-state index contributed by atoms with van der Waals surface area (Å²) in [4.78, 5) is 4.14. The lowest BCUT2D eigenvalue weighted by Gasteiger charge is -1.95. The van der Waals surface area contributed by atoms with Crippen LogP contribution in [-0.2, 0) is 0 Å². The van der Waals surface area contributed by atoms with Gasteiger partial charge in [0.25, 0.3) is 0 Å². The molecule has 0 radical (unpaired) electrons. The number of nitrogens with zero attached hydrogens (tertiary/aromatic N) is 1. The van der Waals surface area contributed by atoms with Crippen molar-refractivity contribution in [2.24, 2.45) is 16.5 Å². The van der Waals surface area contributed by atoms with Crippen LogP contribution in [0.25, 0.3) is 0 Å². The van der Waals surface area contributed by atoms with Crippen LogP contribution < -0.4 is 11.5 Å². The van der Waals surface area contributed by atoms with Gasteiger partial charge >= 0.3 is 0 Å². The zero-order chi connectivity index (χ0) is 9.68. The lowest BCUT2D eigenvalue weighted by molar-refractivity contribution is 1.24. The average Bonchev–Trinajstić information content (AvgIpc) is 2.15. The van der Waals surface area contributed by atoms with E-state index in [1.807, 2.05) is 30.3 Å². The Morgan fingerprint density at radius 2 is 1.85 bits per heavy atom. The van der Waals surface area contributed by atoms with E-state index in [2.05, 4.69) is 4.99 Å². The van der Waals surface area contributed by atoms with Gasteiger partial charge in [-0.05, 0) is 19.1 Å². The fraction of sp³-hybridized carbons (Fsp3) is 0.100. The Bertz CT molecular complexity index is 321. The summed E-state index contributed by atoms with van der Waals surface area (Å²) < 4.78 is 0. The highest BCUT2D eigenvalue weighted by Crippen LogP contribution is 2.08. The second kappa shape index (κ2) is 4.30. The summed E-state index contributed by atoms with van der Waals surface area (Å²) in [5.41, 5.74) is 13.0. The summed E-state index contributed by atoms with van der Waals surface area (Å²) in [6.07, 6.45) is 1.56. The van der Waals surface area contributed by atoms with Crippen molar-refractivity contribution in [2.75, 3.05) is 0 Å². The van der Waals surface area contributed by atoms with Crippen molar-refractivity contribution >= 4 is 11.9 Å². The molecule has 0 heterocycles. The molecule has 0 fully saturated rings. The molecule has 0 aromatic heterocycles. The van der Waals surface area contributed by atoms with Gasteiger partial charge in [0.1, 0.15) is 0 Å². The van der Waals surface area contributed by atoms with Crippen LogP contribution in [0.4, 0.5) is 5.69 Å². The van der Waals surface area contributed by atoms with Gasteiger partial charge in [-0.1, -0.05) is 18.2 Å². The van der Waals surface area contributed by atoms with Crippen LogP contribution in [0.1, 0.15) is 6.92 Å². The quantitative estimate of drug-likeness (QED) is 0.669. The highest BCUT2D eigenvalue weighted by atomic mass is 14.8. The third kappa shape index (κ3) is 2.99. The molecule has 0 saturated carbocycles. The average molecular weight is 175 g/mol. The molecule has 0 bridgehead atoms. The van der Waals surface area contributed by atoms with Crippen molar-refractivity contribution in [3.8, 4) is 0 Å². The monoisotopic (exact) mass is 175 g/mol. The summed E-state index contributed by atoms with van der Waals surface area (Å²) in [5.74, 6) is 0. The Kier molecular flexibility index (Phi) is 3.09. The molecule has 3 heteroatoms. The maximum absolute atomic E-state index is 5.57. The molecule has 0 amide bonds. The normalized spacial score (nSPS) is 13.0. The fourth-order valence-electron chi connectivity index (χ4n) is 0.760. The molecule has 68 valence electrons. The van der Waals surface area contributed by atoms with Crippen LogP contribution in [0.15, 0.2) is 46.7 Å². The molecule has 3 nitrogen and oxygen atoms in total. The molecule has 0 atom stereocenters. The van der Waals surface area contributed by atoms with Gasteiger partial charge < -0.3 is 11.5 Å². The van der Waals surface area contributed by atoms with E-state index >= 15 is 0 Å². The predicted molar refractivity (Wildman–Crippen MR) is 55.7 cm³/mol. The SMILES string of the molecule is CC(N)=C(N)C=Nc1ccccc1. The molecule has 0 spiro atoms. The third-order valence-electron chi connectivity index (χ3n) is 1.56. The maximum Gasteiger partial charge on any atom is 0.0688 e. The van der Waals surface area contributed by atoms with Crippen LogP contribution >= 0.6 is 0 Å².